The number of benzene rings is 1. The first kappa shape index (κ1) is 20.2. The first-order valence-electron chi connectivity index (χ1n) is 8.73. The molecule has 1 aromatic heterocycles. The van der Waals surface area contributed by atoms with Gasteiger partial charge in [-0.3, -0.25) is 5.41 Å². The molecular formula is C20H22FN5OS. The zero-order valence-corrected chi connectivity index (χ0v) is 17.0. The maximum atomic E-state index is 14.0. The second kappa shape index (κ2) is 7.44. The van der Waals surface area contributed by atoms with E-state index in [0.717, 1.165) is 10.5 Å². The summed E-state index contributed by atoms with van der Waals surface area (Å²) in [6.45, 7) is 6.97. The van der Waals surface area contributed by atoms with Crippen LogP contribution in [0.15, 0.2) is 35.0 Å². The molecule has 0 unspecified atom stereocenters. The Morgan fingerprint density at radius 3 is 2.64 bits per heavy atom. The highest BCUT2D eigenvalue weighted by Crippen LogP contribution is 2.44. The molecule has 0 bridgehead atoms. The first-order chi connectivity index (χ1) is 13.1. The Morgan fingerprint density at radius 2 is 2.00 bits per heavy atom. The van der Waals surface area contributed by atoms with Gasteiger partial charge in [0.2, 0.25) is 0 Å². The first-order valence-corrected chi connectivity index (χ1v) is 9.55. The monoisotopic (exact) mass is 399 g/mol. The minimum absolute atomic E-state index is 0.234. The number of hydrogen-bond acceptors (Lipinski definition) is 7. The number of nitrogens with one attached hydrogen (secondary N) is 3. The normalized spacial score (nSPS) is 15.4. The van der Waals surface area contributed by atoms with Gasteiger partial charge in [0.15, 0.2) is 0 Å². The summed E-state index contributed by atoms with van der Waals surface area (Å²) in [5.74, 6) is 0.134. The lowest BCUT2D eigenvalue weighted by atomic mass is 9.96. The van der Waals surface area contributed by atoms with Crippen LogP contribution in [0, 0.1) is 16.6 Å². The predicted octanol–water partition coefficient (Wildman–Crippen LogP) is 4.35. The van der Waals surface area contributed by atoms with Crippen LogP contribution in [0.5, 0.6) is 0 Å². The molecule has 2 heterocycles. The van der Waals surface area contributed by atoms with Gasteiger partial charge in [0.05, 0.1) is 16.2 Å². The summed E-state index contributed by atoms with van der Waals surface area (Å²) in [6, 6.07) is 4.63. The summed E-state index contributed by atoms with van der Waals surface area (Å²) in [5, 5.41) is 29.8. The van der Waals surface area contributed by atoms with Crippen molar-refractivity contribution in [2.75, 3.05) is 5.32 Å². The molecule has 8 heteroatoms. The number of thioether (sulfide) groups is 1. The topological polar surface area (TPSA) is 106 Å². The molecule has 1 aromatic carbocycles. The number of allylic oxidation sites excluding steroid dienone is 1. The molecule has 0 spiro atoms. The number of anilines is 1. The van der Waals surface area contributed by atoms with Crippen LogP contribution in [-0.4, -0.2) is 25.8 Å². The van der Waals surface area contributed by atoms with Crippen LogP contribution in [0.4, 0.5) is 10.2 Å². The van der Waals surface area contributed by atoms with E-state index in [4.69, 9.17) is 10.8 Å². The molecule has 0 saturated heterocycles. The van der Waals surface area contributed by atoms with Gasteiger partial charge in [0.25, 0.3) is 0 Å². The van der Waals surface area contributed by atoms with E-state index in [-0.39, 0.29) is 5.56 Å². The van der Waals surface area contributed by atoms with Crippen molar-refractivity contribution in [3.63, 3.8) is 0 Å². The molecule has 0 radical (unpaired) electrons. The van der Waals surface area contributed by atoms with Crippen LogP contribution in [0.3, 0.4) is 0 Å². The van der Waals surface area contributed by atoms with Gasteiger partial charge in [0, 0.05) is 23.4 Å². The molecule has 0 aliphatic carbocycles. The molecule has 0 fully saturated rings. The number of halogens is 1. The summed E-state index contributed by atoms with van der Waals surface area (Å²) in [7, 11) is 0. The highest BCUT2D eigenvalue weighted by Gasteiger charge is 2.29. The molecule has 4 N–H and O–H groups in total. The Hall–Kier alpha value is -2.58. The molecule has 0 atom stereocenters. The van der Waals surface area contributed by atoms with Crippen molar-refractivity contribution in [1.29, 1.82) is 10.8 Å². The number of hydrogen-bond donors (Lipinski definition) is 4. The predicted molar refractivity (Wildman–Crippen MR) is 111 cm³/mol. The molecule has 28 heavy (non-hydrogen) atoms. The van der Waals surface area contributed by atoms with E-state index in [9.17, 15) is 9.50 Å². The van der Waals surface area contributed by atoms with Gasteiger partial charge < -0.3 is 15.8 Å². The minimum atomic E-state index is -1.27. The number of aliphatic hydroxyl groups is 1. The maximum absolute atomic E-state index is 14.0. The average Bonchev–Trinajstić information content (AvgIpc) is 2.95. The fourth-order valence-corrected chi connectivity index (χ4v) is 3.94. The van der Waals surface area contributed by atoms with Crippen molar-refractivity contribution >= 4 is 33.9 Å². The lowest BCUT2D eigenvalue weighted by Crippen LogP contribution is -2.18. The zero-order chi connectivity index (χ0) is 20.6. The molecule has 6 nitrogen and oxygen atoms in total. The second-order valence-electron chi connectivity index (χ2n) is 7.18. The third-order valence-electron chi connectivity index (χ3n) is 4.56. The van der Waals surface area contributed by atoms with Crippen LogP contribution >= 0.6 is 11.8 Å². The Balaban J connectivity index is 1.90. The van der Waals surface area contributed by atoms with E-state index in [1.807, 2.05) is 6.92 Å². The highest BCUT2D eigenvalue weighted by molar-refractivity contribution is 8.15. The molecular weight excluding hydrogens is 377 g/mol. The SMILES string of the molecule is CC(=N)/C(C)=C1\C(=N)Sc2c(NCc3ccc(F)c(C(C)(C)O)c3)ncnc21. The molecule has 1 aliphatic rings. The molecule has 2 aromatic rings. The number of aromatic nitrogens is 2. The van der Waals surface area contributed by atoms with Gasteiger partial charge in [0.1, 0.15) is 23.0 Å². The van der Waals surface area contributed by atoms with Crippen molar-refractivity contribution < 1.29 is 9.50 Å². The number of nitrogens with zero attached hydrogens (tertiary/aromatic N) is 2. The van der Waals surface area contributed by atoms with Crippen LogP contribution in [-0.2, 0) is 12.1 Å². The highest BCUT2D eigenvalue weighted by atomic mass is 32.2. The standard InChI is InChI=1S/C20H22FN5OS/c1-10(11(2)22)15-16-17(28-18(15)23)19(26-9-25-16)24-8-12-5-6-14(21)13(7-12)20(3,4)27/h5-7,9,22-23,27H,8H2,1-4H3,(H,24,25,26)/b15-10-,22-11?,23-18?. The average molecular weight is 399 g/mol. The van der Waals surface area contributed by atoms with Crippen molar-refractivity contribution in [3.05, 3.63) is 52.7 Å². The summed E-state index contributed by atoms with van der Waals surface area (Å²) in [6.07, 6.45) is 1.43. The van der Waals surface area contributed by atoms with E-state index < -0.39 is 11.4 Å². The minimum Gasteiger partial charge on any atom is -0.386 e. The summed E-state index contributed by atoms with van der Waals surface area (Å²) < 4.78 is 14.0. The lowest BCUT2D eigenvalue weighted by molar-refractivity contribution is 0.0744. The molecule has 0 amide bonds. The van der Waals surface area contributed by atoms with Crippen molar-refractivity contribution in [3.8, 4) is 0 Å². The zero-order valence-electron chi connectivity index (χ0n) is 16.1. The van der Waals surface area contributed by atoms with Gasteiger partial charge in [-0.15, -0.1) is 0 Å². The Kier molecular flexibility index (Phi) is 5.36. The van der Waals surface area contributed by atoms with Gasteiger partial charge in [-0.05, 0) is 51.0 Å². The number of rotatable bonds is 5. The van der Waals surface area contributed by atoms with Gasteiger partial charge in [-0.25, -0.2) is 14.4 Å². The van der Waals surface area contributed by atoms with Crippen LogP contribution < -0.4 is 5.32 Å². The Morgan fingerprint density at radius 1 is 1.29 bits per heavy atom. The van der Waals surface area contributed by atoms with Gasteiger partial charge in [-0.2, -0.15) is 0 Å². The van der Waals surface area contributed by atoms with Gasteiger partial charge >= 0.3 is 0 Å². The van der Waals surface area contributed by atoms with E-state index >= 15 is 0 Å². The fourth-order valence-electron chi connectivity index (χ4n) is 2.91. The molecule has 0 saturated carbocycles. The summed E-state index contributed by atoms with van der Waals surface area (Å²) in [5.41, 5.74) is 2.17. The second-order valence-corrected chi connectivity index (χ2v) is 8.20. The van der Waals surface area contributed by atoms with Crippen molar-refractivity contribution in [1.82, 2.24) is 9.97 Å². The van der Waals surface area contributed by atoms with Crippen LogP contribution in [0.25, 0.3) is 5.57 Å². The van der Waals surface area contributed by atoms with E-state index in [1.54, 1.807) is 32.9 Å². The van der Waals surface area contributed by atoms with Crippen molar-refractivity contribution in [2.45, 2.75) is 44.7 Å². The van der Waals surface area contributed by atoms with E-state index in [2.05, 4.69) is 15.3 Å². The van der Waals surface area contributed by atoms with E-state index in [0.29, 0.717) is 40.0 Å². The molecule has 1 aliphatic heterocycles. The quantitative estimate of drug-likeness (QED) is 0.559. The molecule has 3 rings (SSSR count). The summed E-state index contributed by atoms with van der Waals surface area (Å²) >= 11 is 1.26. The van der Waals surface area contributed by atoms with E-state index in [1.165, 1.54) is 24.2 Å². The Labute approximate surface area is 167 Å². The number of fused-ring (bicyclic) bond motifs is 1. The van der Waals surface area contributed by atoms with Crippen molar-refractivity contribution in [2.24, 2.45) is 0 Å². The molecule has 146 valence electrons. The maximum Gasteiger partial charge on any atom is 0.144 e. The lowest BCUT2D eigenvalue weighted by Gasteiger charge is -2.19. The Bertz CT molecular complexity index is 1010. The fraction of sp³-hybridized carbons (Fsp3) is 0.300. The van der Waals surface area contributed by atoms with Crippen LogP contribution in [0.2, 0.25) is 0 Å². The third-order valence-corrected chi connectivity index (χ3v) is 5.56. The smallest absolute Gasteiger partial charge is 0.144 e. The largest absolute Gasteiger partial charge is 0.386 e. The summed E-state index contributed by atoms with van der Waals surface area (Å²) in [4.78, 5) is 9.35. The van der Waals surface area contributed by atoms with Gasteiger partial charge in [-0.1, -0.05) is 17.8 Å². The van der Waals surface area contributed by atoms with Crippen LogP contribution in [0.1, 0.15) is 44.5 Å². The third kappa shape index (κ3) is 3.83.